The number of fused-ring (bicyclic) bond motifs is 2. The number of para-hydroxylation sites is 2. The molecule has 0 saturated heterocycles. The first-order chi connectivity index (χ1) is 13.5. The van der Waals surface area contributed by atoms with Crippen molar-refractivity contribution in [2.24, 2.45) is 0 Å². The van der Waals surface area contributed by atoms with E-state index < -0.39 is 12.6 Å². The summed E-state index contributed by atoms with van der Waals surface area (Å²) in [5.74, 6) is -0.959. The number of aromatic nitrogens is 1. The number of hydrogen-bond donors (Lipinski definition) is 0. The molecule has 0 radical (unpaired) electrons. The van der Waals surface area contributed by atoms with Crippen molar-refractivity contribution in [1.29, 1.82) is 5.26 Å². The number of rotatable bonds is 6. The van der Waals surface area contributed by atoms with Crippen molar-refractivity contribution in [3.05, 3.63) is 58.8 Å². The molecule has 0 fully saturated rings. The van der Waals surface area contributed by atoms with E-state index in [2.05, 4.69) is 0 Å². The van der Waals surface area contributed by atoms with Crippen molar-refractivity contribution in [2.75, 3.05) is 20.2 Å². The lowest BCUT2D eigenvalue weighted by Gasteiger charge is -2.17. The summed E-state index contributed by atoms with van der Waals surface area (Å²) in [7, 11) is 1.55. The number of amides is 1. The zero-order valence-corrected chi connectivity index (χ0v) is 15.4. The van der Waals surface area contributed by atoms with Gasteiger partial charge in [0.15, 0.2) is 12.0 Å². The first kappa shape index (κ1) is 19.1. The summed E-state index contributed by atoms with van der Waals surface area (Å²) < 4.78 is 6.85. The largest absolute Gasteiger partial charge is 0.454 e. The van der Waals surface area contributed by atoms with E-state index in [1.165, 1.54) is 4.90 Å². The van der Waals surface area contributed by atoms with E-state index in [4.69, 9.17) is 10.00 Å². The summed E-state index contributed by atoms with van der Waals surface area (Å²) in [6, 6.07) is 16.1. The van der Waals surface area contributed by atoms with Gasteiger partial charge in [0.25, 0.3) is 5.91 Å². The molecule has 142 valence electrons. The van der Waals surface area contributed by atoms with E-state index in [1.54, 1.807) is 60.1 Å². The van der Waals surface area contributed by atoms with Gasteiger partial charge in [-0.3, -0.25) is 14.4 Å². The van der Waals surface area contributed by atoms with Gasteiger partial charge < -0.3 is 14.2 Å². The molecule has 0 N–H and O–H groups in total. The Morgan fingerprint density at radius 1 is 1.07 bits per heavy atom. The van der Waals surface area contributed by atoms with E-state index >= 15 is 0 Å². The zero-order valence-electron chi connectivity index (χ0n) is 15.4. The maximum atomic E-state index is 12.7. The average Bonchev–Trinajstić information content (AvgIpc) is 2.73. The molecule has 0 spiro atoms. The number of ether oxygens (including phenoxy) is 1. The number of carbonyl (C=O) groups is 2. The number of nitrogens with zero attached hydrogens (tertiary/aromatic N) is 3. The Hall–Kier alpha value is -3.66. The van der Waals surface area contributed by atoms with Crippen LogP contribution in [0.15, 0.2) is 53.3 Å². The Morgan fingerprint density at radius 2 is 1.64 bits per heavy atom. The second-order valence-corrected chi connectivity index (χ2v) is 6.33. The average molecular weight is 377 g/mol. The van der Waals surface area contributed by atoms with Crippen molar-refractivity contribution in [1.82, 2.24) is 9.47 Å². The van der Waals surface area contributed by atoms with Crippen LogP contribution in [-0.4, -0.2) is 41.5 Å². The fraction of sp³-hybridized carbons (Fsp3) is 0.238. The summed E-state index contributed by atoms with van der Waals surface area (Å²) in [4.78, 5) is 38.4. The standard InChI is InChI=1S/C21H19N3O4/c1-23(12-6-11-22)19(25)14-28-20(26)13-24-17-9-4-2-7-15(17)21(27)16-8-3-5-10-18(16)24/h2-5,7-10H,6,12-14H2,1H3. The van der Waals surface area contributed by atoms with Crippen LogP contribution in [0.1, 0.15) is 6.42 Å². The van der Waals surface area contributed by atoms with Gasteiger partial charge in [-0.2, -0.15) is 5.26 Å². The first-order valence-corrected chi connectivity index (χ1v) is 8.79. The highest BCUT2D eigenvalue weighted by atomic mass is 16.5. The molecule has 1 heterocycles. The van der Waals surface area contributed by atoms with E-state index in [9.17, 15) is 14.4 Å². The summed E-state index contributed by atoms with van der Waals surface area (Å²) in [5.41, 5.74) is 1.16. The lowest BCUT2D eigenvalue weighted by atomic mass is 10.1. The van der Waals surface area contributed by atoms with Crippen LogP contribution >= 0.6 is 0 Å². The molecule has 7 nitrogen and oxygen atoms in total. The van der Waals surface area contributed by atoms with Crippen molar-refractivity contribution in [3.8, 4) is 6.07 Å². The van der Waals surface area contributed by atoms with E-state index in [-0.39, 0.29) is 30.8 Å². The van der Waals surface area contributed by atoms with Crippen LogP contribution in [-0.2, 0) is 20.9 Å². The number of likely N-dealkylation sites (N-methyl/N-ethyl adjacent to an activating group) is 1. The summed E-state index contributed by atoms with van der Waals surface area (Å²) in [5, 5.41) is 9.60. The maximum Gasteiger partial charge on any atom is 0.326 e. The molecule has 3 rings (SSSR count). The molecule has 0 unspecified atom stereocenters. The Kier molecular flexibility index (Phi) is 5.70. The number of hydrogen-bond acceptors (Lipinski definition) is 5. The van der Waals surface area contributed by atoms with Crippen molar-refractivity contribution in [3.63, 3.8) is 0 Å². The predicted octanol–water partition coefficient (Wildman–Crippen LogP) is 2.07. The maximum absolute atomic E-state index is 12.7. The van der Waals surface area contributed by atoms with Crippen LogP contribution < -0.4 is 5.43 Å². The molecule has 7 heteroatoms. The molecule has 0 aliphatic rings. The monoisotopic (exact) mass is 377 g/mol. The molecule has 0 saturated carbocycles. The number of nitriles is 1. The normalized spacial score (nSPS) is 10.6. The van der Waals surface area contributed by atoms with Crippen LogP contribution in [0, 0.1) is 11.3 Å². The van der Waals surface area contributed by atoms with Gasteiger partial charge in [0, 0.05) is 24.4 Å². The van der Waals surface area contributed by atoms with Crippen LogP contribution in [0.5, 0.6) is 0 Å². The van der Waals surface area contributed by atoms with Gasteiger partial charge in [-0.05, 0) is 24.3 Å². The first-order valence-electron chi connectivity index (χ1n) is 8.79. The number of carbonyl (C=O) groups excluding carboxylic acids is 2. The second-order valence-electron chi connectivity index (χ2n) is 6.33. The van der Waals surface area contributed by atoms with E-state index in [0.29, 0.717) is 21.8 Å². The van der Waals surface area contributed by atoms with E-state index in [0.717, 1.165) is 0 Å². The minimum absolute atomic E-state index is 0.0925. The van der Waals surface area contributed by atoms with Crippen molar-refractivity contribution >= 4 is 33.7 Å². The topological polar surface area (TPSA) is 92.4 Å². The molecule has 0 aliphatic carbocycles. The van der Waals surface area contributed by atoms with Gasteiger partial charge >= 0.3 is 5.97 Å². The quantitative estimate of drug-likeness (QED) is 0.484. The molecule has 0 atom stereocenters. The molecule has 3 aromatic rings. The van der Waals surface area contributed by atoms with Gasteiger partial charge in [-0.25, -0.2) is 0 Å². The van der Waals surface area contributed by atoms with Gasteiger partial charge in [0.1, 0.15) is 6.54 Å². The molecule has 2 aromatic carbocycles. The predicted molar refractivity (Wildman–Crippen MR) is 105 cm³/mol. The highest BCUT2D eigenvalue weighted by molar-refractivity contribution is 5.94. The fourth-order valence-electron chi connectivity index (χ4n) is 3.02. The SMILES string of the molecule is CN(CCC#N)C(=O)COC(=O)Cn1c2ccccc2c(=O)c2ccccc21. The molecule has 1 amide bonds. The van der Waals surface area contributed by atoms with Gasteiger partial charge in [-0.1, -0.05) is 24.3 Å². The highest BCUT2D eigenvalue weighted by Crippen LogP contribution is 2.19. The van der Waals surface area contributed by atoms with Crippen LogP contribution in [0.4, 0.5) is 0 Å². The van der Waals surface area contributed by atoms with Gasteiger partial charge in [0.2, 0.25) is 0 Å². The third-order valence-corrected chi connectivity index (χ3v) is 4.51. The highest BCUT2D eigenvalue weighted by Gasteiger charge is 2.15. The fourth-order valence-corrected chi connectivity index (χ4v) is 3.02. The Balaban J connectivity index is 1.85. The smallest absolute Gasteiger partial charge is 0.326 e. The van der Waals surface area contributed by atoms with Gasteiger partial charge in [-0.15, -0.1) is 0 Å². The van der Waals surface area contributed by atoms with Crippen LogP contribution in [0.2, 0.25) is 0 Å². The van der Waals surface area contributed by atoms with Crippen molar-refractivity contribution < 1.29 is 14.3 Å². The van der Waals surface area contributed by atoms with Crippen molar-refractivity contribution in [2.45, 2.75) is 13.0 Å². The van der Waals surface area contributed by atoms with Crippen LogP contribution in [0.25, 0.3) is 21.8 Å². The Labute approximate surface area is 161 Å². The summed E-state index contributed by atoms with van der Waals surface area (Å²) in [6.45, 7) is -0.241. The zero-order chi connectivity index (χ0) is 20.1. The van der Waals surface area contributed by atoms with Gasteiger partial charge in [0.05, 0.1) is 23.5 Å². The molecule has 28 heavy (non-hydrogen) atoms. The number of benzene rings is 2. The lowest BCUT2D eigenvalue weighted by Crippen LogP contribution is -2.32. The summed E-state index contributed by atoms with van der Waals surface area (Å²) in [6.07, 6.45) is 0.214. The molecular weight excluding hydrogens is 358 g/mol. The Bertz CT molecular complexity index is 1080. The van der Waals surface area contributed by atoms with Crippen LogP contribution in [0.3, 0.4) is 0 Å². The Morgan fingerprint density at radius 3 is 2.21 bits per heavy atom. The molecule has 1 aromatic heterocycles. The third-order valence-electron chi connectivity index (χ3n) is 4.51. The molecule has 0 bridgehead atoms. The molecule has 0 aliphatic heterocycles. The minimum Gasteiger partial charge on any atom is -0.454 e. The molecular formula is C21H19N3O4. The number of esters is 1. The minimum atomic E-state index is -0.582. The van der Waals surface area contributed by atoms with E-state index in [1.807, 2.05) is 6.07 Å². The third kappa shape index (κ3) is 3.86. The second kappa shape index (κ2) is 8.35. The summed E-state index contributed by atoms with van der Waals surface area (Å²) >= 11 is 0. The number of pyridine rings is 1. The lowest BCUT2D eigenvalue weighted by molar-refractivity contribution is -0.151.